The molecule has 0 saturated heterocycles. The highest BCUT2D eigenvalue weighted by molar-refractivity contribution is 6.20. The van der Waals surface area contributed by atoms with Gasteiger partial charge >= 0.3 is 0 Å². The number of benzene rings is 9. The number of aromatic nitrogens is 5. The molecule has 5 heteroatoms. The van der Waals surface area contributed by atoms with Crippen molar-refractivity contribution in [2.24, 2.45) is 0 Å². The van der Waals surface area contributed by atoms with E-state index < -0.39 is 0 Å². The zero-order chi connectivity index (χ0) is 41.4. The third-order valence-electron chi connectivity index (χ3n) is 12.6. The lowest BCUT2D eigenvalue weighted by molar-refractivity contribution is 1.11. The molecule has 0 spiro atoms. The first-order valence-electron chi connectivity index (χ1n) is 21.4. The Balaban J connectivity index is 1.09. The van der Waals surface area contributed by atoms with Gasteiger partial charge in [-0.15, -0.1) is 0 Å². The van der Waals surface area contributed by atoms with Crippen molar-refractivity contribution in [1.82, 2.24) is 23.7 Å². The number of para-hydroxylation sites is 4. The third kappa shape index (κ3) is 5.50. The highest BCUT2D eigenvalue weighted by Crippen LogP contribution is 2.43. The molecule has 0 aliphatic heterocycles. The molecule has 0 atom stereocenters. The second-order valence-corrected chi connectivity index (χ2v) is 16.2. The van der Waals surface area contributed by atoms with Gasteiger partial charge in [0.15, 0.2) is 5.82 Å². The van der Waals surface area contributed by atoms with E-state index in [0.29, 0.717) is 5.82 Å². The molecule has 5 nitrogen and oxygen atoms in total. The van der Waals surface area contributed by atoms with Gasteiger partial charge in [-0.1, -0.05) is 146 Å². The largest absolute Gasteiger partial charge is 0.309 e. The summed E-state index contributed by atoms with van der Waals surface area (Å²) in [6, 6.07) is 80.2. The molecule has 0 saturated carbocycles. The van der Waals surface area contributed by atoms with Crippen LogP contribution in [-0.2, 0) is 0 Å². The van der Waals surface area contributed by atoms with Gasteiger partial charge in [0.1, 0.15) is 5.65 Å². The highest BCUT2D eigenvalue weighted by atomic mass is 15.1. The van der Waals surface area contributed by atoms with E-state index >= 15 is 0 Å². The maximum Gasteiger partial charge on any atom is 0.162 e. The van der Waals surface area contributed by atoms with Crippen molar-refractivity contribution in [2.45, 2.75) is 0 Å². The zero-order valence-electron chi connectivity index (χ0n) is 34.1. The highest BCUT2D eigenvalue weighted by Gasteiger charge is 2.23. The minimum atomic E-state index is 0.697. The maximum atomic E-state index is 5.37. The van der Waals surface area contributed by atoms with Gasteiger partial charge in [0.25, 0.3) is 0 Å². The summed E-state index contributed by atoms with van der Waals surface area (Å²) >= 11 is 0. The summed E-state index contributed by atoms with van der Waals surface area (Å²) in [6.45, 7) is 0. The summed E-state index contributed by atoms with van der Waals surface area (Å²) in [7, 11) is 0. The lowest BCUT2D eigenvalue weighted by atomic mass is 9.99. The van der Waals surface area contributed by atoms with Crippen LogP contribution >= 0.6 is 0 Å². The molecule has 0 radical (unpaired) electrons. The van der Waals surface area contributed by atoms with Crippen LogP contribution in [0.15, 0.2) is 224 Å². The molecule has 0 N–H and O–H groups in total. The summed E-state index contributed by atoms with van der Waals surface area (Å²) < 4.78 is 7.13. The van der Waals surface area contributed by atoms with Gasteiger partial charge in [-0.3, -0.25) is 4.57 Å². The summed E-state index contributed by atoms with van der Waals surface area (Å²) in [5.74, 6) is 0.697. The molecular weight excluding hydrogens is 767 g/mol. The summed E-state index contributed by atoms with van der Waals surface area (Å²) in [6.07, 6.45) is 0. The first kappa shape index (κ1) is 35.2. The fourth-order valence-electron chi connectivity index (χ4n) is 9.81. The lowest BCUT2D eigenvalue weighted by Crippen LogP contribution is -1.99. The minimum Gasteiger partial charge on any atom is -0.309 e. The van der Waals surface area contributed by atoms with E-state index in [0.717, 1.165) is 72.5 Å². The fraction of sp³-hybridized carbons (Fsp3) is 0. The van der Waals surface area contributed by atoms with Gasteiger partial charge in [-0.05, 0) is 90.0 Å². The smallest absolute Gasteiger partial charge is 0.162 e. The molecule has 63 heavy (non-hydrogen) atoms. The van der Waals surface area contributed by atoms with Crippen LogP contribution < -0.4 is 0 Å². The Kier molecular flexibility index (Phi) is 7.84. The van der Waals surface area contributed by atoms with Gasteiger partial charge in [0, 0.05) is 55.1 Å². The van der Waals surface area contributed by atoms with Crippen LogP contribution in [-0.4, -0.2) is 23.7 Å². The molecule has 4 heterocycles. The topological polar surface area (TPSA) is 40.6 Å². The average molecular weight is 804 g/mol. The Morgan fingerprint density at radius 2 is 0.698 bits per heavy atom. The minimum absolute atomic E-state index is 0.697. The van der Waals surface area contributed by atoms with Crippen molar-refractivity contribution >= 4 is 65.5 Å². The van der Waals surface area contributed by atoms with Crippen molar-refractivity contribution in [3.8, 4) is 50.8 Å². The number of hydrogen-bond acceptors (Lipinski definition) is 2. The fourth-order valence-corrected chi connectivity index (χ4v) is 9.81. The molecule has 0 fully saturated rings. The Morgan fingerprint density at radius 3 is 1.29 bits per heavy atom. The molecule has 0 bridgehead atoms. The monoisotopic (exact) mass is 803 g/mol. The molecule has 0 amide bonds. The molecule has 4 aromatic heterocycles. The molecule has 0 aliphatic rings. The van der Waals surface area contributed by atoms with E-state index in [1.54, 1.807) is 0 Å². The van der Waals surface area contributed by atoms with Crippen molar-refractivity contribution < 1.29 is 0 Å². The lowest BCUT2D eigenvalue weighted by Gasteiger charge is -2.10. The van der Waals surface area contributed by atoms with Gasteiger partial charge in [-0.2, -0.15) is 0 Å². The van der Waals surface area contributed by atoms with Crippen LogP contribution in [0.4, 0.5) is 0 Å². The summed E-state index contributed by atoms with van der Waals surface area (Å²) in [4.78, 5) is 10.7. The normalized spacial score (nSPS) is 11.8. The Morgan fingerprint density at radius 1 is 0.270 bits per heavy atom. The van der Waals surface area contributed by atoms with Gasteiger partial charge in [0.05, 0.1) is 38.7 Å². The van der Waals surface area contributed by atoms with Gasteiger partial charge in [0.2, 0.25) is 0 Å². The van der Waals surface area contributed by atoms with Crippen LogP contribution in [0.3, 0.4) is 0 Å². The van der Waals surface area contributed by atoms with Crippen LogP contribution in [0.5, 0.6) is 0 Å². The first-order valence-corrected chi connectivity index (χ1v) is 21.4. The molecule has 13 aromatic rings. The molecule has 294 valence electrons. The van der Waals surface area contributed by atoms with Crippen molar-refractivity contribution in [3.63, 3.8) is 0 Å². The van der Waals surface area contributed by atoms with Crippen molar-refractivity contribution in [3.05, 3.63) is 224 Å². The van der Waals surface area contributed by atoms with E-state index in [-0.39, 0.29) is 0 Å². The molecule has 13 rings (SSSR count). The first-order chi connectivity index (χ1) is 31.3. The number of hydrogen-bond donors (Lipinski definition) is 0. The Bertz CT molecular complexity index is 3870. The van der Waals surface area contributed by atoms with Crippen LogP contribution in [0.2, 0.25) is 0 Å². The average Bonchev–Trinajstić information content (AvgIpc) is 3.99. The molecule has 0 aliphatic carbocycles. The second kappa shape index (κ2) is 14.0. The van der Waals surface area contributed by atoms with E-state index in [1.165, 1.54) is 38.1 Å². The molecule has 0 unspecified atom stereocenters. The van der Waals surface area contributed by atoms with Crippen LogP contribution in [0.1, 0.15) is 0 Å². The third-order valence-corrected chi connectivity index (χ3v) is 12.6. The standard InChI is InChI=1S/C58H37N5/c1-6-18-38(19-7-1)56-55-49-35-41(31-33-52(49)63(44-26-14-5-15-27-44)58(55)60-57(59-56)39-20-8-2-9-21-39)40-30-32-51-46(34-40)48-37-53-47(36-54(48)62(51)43-24-12-4-13-25-43)45-28-16-17-29-50(45)61(53)42-22-10-3-11-23-42/h1-37H. The van der Waals surface area contributed by atoms with E-state index in [2.05, 4.69) is 220 Å². The Hall–Kier alpha value is -8.54. The number of rotatable bonds is 6. The maximum absolute atomic E-state index is 5.37. The molecular formula is C58H37N5. The Labute approximate surface area is 363 Å². The van der Waals surface area contributed by atoms with E-state index in [4.69, 9.17) is 9.97 Å². The number of fused-ring (bicyclic) bond motifs is 9. The van der Waals surface area contributed by atoms with Gasteiger partial charge < -0.3 is 9.13 Å². The zero-order valence-corrected chi connectivity index (χ0v) is 34.1. The van der Waals surface area contributed by atoms with E-state index in [9.17, 15) is 0 Å². The number of nitrogens with zero attached hydrogens (tertiary/aromatic N) is 5. The van der Waals surface area contributed by atoms with Crippen LogP contribution in [0.25, 0.3) is 116 Å². The second-order valence-electron chi connectivity index (χ2n) is 16.2. The predicted molar refractivity (Wildman–Crippen MR) is 261 cm³/mol. The quantitative estimate of drug-likeness (QED) is 0.168. The molecule has 9 aromatic carbocycles. The van der Waals surface area contributed by atoms with Crippen LogP contribution in [0, 0.1) is 0 Å². The SMILES string of the molecule is c1ccc(-c2nc(-c3ccccc3)c3c4cc(-c5ccc6c(c5)c5cc7c(cc5n6-c5ccccc5)c5ccccc5n7-c5ccccc5)ccc4n(-c4ccccc4)c3n2)cc1. The van der Waals surface area contributed by atoms with Gasteiger partial charge in [-0.25, -0.2) is 9.97 Å². The summed E-state index contributed by atoms with van der Waals surface area (Å²) in [5, 5.41) is 7.00. The summed E-state index contributed by atoms with van der Waals surface area (Å²) in [5.41, 5.74) is 15.2. The van der Waals surface area contributed by atoms with E-state index in [1.807, 2.05) is 18.2 Å². The van der Waals surface area contributed by atoms with Crippen molar-refractivity contribution in [1.29, 1.82) is 0 Å². The van der Waals surface area contributed by atoms with Crippen molar-refractivity contribution in [2.75, 3.05) is 0 Å². The predicted octanol–water partition coefficient (Wildman–Crippen LogP) is 14.8.